The molecule has 6 nitrogen and oxygen atoms in total. The van der Waals surface area contributed by atoms with E-state index in [1.807, 2.05) is 6.08 Å². The number of benzene rings is 1. The number of allylic oxidation sites excluding steroid dienone is 1. The lowest BCUT2D eigenvalue weighted by molar-refractivity contribution is -0.386. The second-order valence-corrected chi connectivity index (χ2v) is 7.00. The van der Waals surface area contributed by atoms with Crippen molar-refractivity contribution in [2.75, 3.05) is 0 Å². The van der Waals surface area contributed by atoms with Crippen LogP contribution in [0.5, 0.6) is 5.75 Å². The van der Waals surface area contributed by atoms with Crippen molar-refractivity contribution >= 4 is 25.4 Å². The highest BCUT2D eigenvalue weighted by Crippen LogP contribution is 2.34. The fourth-order valence-electron chi connectivity index (χ4n) is 1.99. The standard InChI is InChI=1S/C12H11ClFNO5S/c13-21(18,19)12-7-10(15(16)17)11(6-9(12)14)20-8-4-2-1-3-5-8/h2,4,6-8H,1,3,5H2. The van der Waals surface area contributed by atoms with Gasteiger partial charge >= 0.3 is 5.69 Å². The van der Waals surface area contributed by atoms with Gasteiger partial charge < -0.3 is 4.74 Å². The second-order valence-electron chi connectivity index (χ2n) is 4.46. The third kappa shape index (κ3) is 3.70. The predicted molar refractivity (Wildman–Crippen MR) is 73.5 cm³/mol. The Bertz CT molecular complexity index is 704. The molecule has 1 aliphatic rings. The van der Waals surface area contributed by atoms with Gasteiger partial charge in [0.05, 0.1) is 4.92 Å². The van der Waals surface area contributed by atoms with Gasteiger partial charge in [-0.25, -0.2) is 12.8 Å². The SMILES string of the molecule is O=[N+]([O-])c1cc(S(=O)(=O)Cl)c(F)cc1OC1C=CCCC1. The molecule has 1 atom stereocenters. The normalized spacial score (nSPS) is 18.5. The van der Waals surface area contributed by atoms with Crippen LogP contribution in [0.15, 0.2) is 29.2 Å². The molecule has 0 aliphatic heterocycles. The molecule has 114 valence electrons. The number of rotatable bonds is 4. The summed E-state index contributed by atoms with van der Waals surface area (Å²) >= 11 is 0. The molecule has 2 rings (SSSR count). The zero-order valence-electron chi connectivity index (χ0n) is 10.7. The van der Waals surface area contributed by atoms with Gasteiger partial charge in [-0.1, -0.05) is 6.08 Å². The monoisotopic (exact) mass is 335 g/mol. The van der Waals surface area contributed by atoms with Gasteiger partial charge in [0.1, 0.15) is 16.8 Å². The summed E-state index contributed by atoms with van der Waals surface area (Å²) in [6, 6.07) is 1.25. The lowest BCUT2D eigenvalue weighted by atomic mass is 10.1. The van der Waals surface area contributed by atoms with Crippen molar-refractivity contribution in [3.8, 4) is 5.75 Å². The van der Waals surface area contributed by atoms with E-state index >= 15 is 0 Å². The maximum atomic E-state index is 13.8. The second kappa shape index (κ2) is 5.98. The molecule has 0 saturated carbocycles. The quantitative estimate of drug-likeness (QED) is 0.365. The molecule has 0 heterocycles. The van der Waals surface area contributed by atoms with Crippen molar-refractivity contribution < 1.29 is 22.5 Å². The Morgan fingerprint density at radius 1 is 1.43 bits per heavy atom. The maximum absolute atomic E-state index is 13.8. The zero-order chi connectivity index (χ0) is 15.6. The lowest BCUT2D eigenvalue weighted by Gasteiger charge is -2.18. The molecular formula is C12H11ClFNO5S. The van der Waals surface area contributed by atoms with E-state index in [-0.39, 0.29) is 5.75 Å². The summed E-state index contributed by atoms with van der Waals surface area (Å²) in [5, 5.41) is 11.0. The molecule has 0 saturated heterocycles. The predicted octanol–water partition coefficient (Wildman–Crippen LogP) is 3.15. The Hall–Kier alpha value is -1.67. The van der Waals surface area contributed by atoms with Gasteiger partial charge in [-0.3, -0.25) is 10.1 Å². The molecule has 0 N–H and O–H groups in total. The largest absolute Gasteiger partial charge is 0.479 e. The number of halogens is 2. The van der Waals surface area contributed by atoms with Gasteiger partial charge in [0.25, 0.3) is 9.05 Å². The molecule has 1 unspecified atom stereocenters. The van der Waals surface area contributed by atoms with Crippen LogP contribution in [0, 0.1) is 15.9 Å². The van der Waals surface area contributed by atoms with Crippen LogP contribution in [-0.4, -0.2) is 19.4 Å². The van der Waals surface area contributed by atoms with Crippen molar-refractivity contribution in [2.45, 2.75) is 30.3 Å². The topological polar surface area (TPSA) is 86.5 Å². The number of ether oxygens (including phenoxy) is 1. The summed E-state index contributed by atoms with van der Waals surface area (Å²) in [7, 11) is 0.626. The summed E-state index contributed by atoms with van der Waals surface area (Å²) < 4.78 is 41.5. The first-order valence-electron chi connectivity index (χ1n) is 6.05. The smallest absolute Gasteiger partial charge is 0.312 e. The third-order valence-corrected chi connectivity index (χ3v) is 4.30. The highest BCUT2D eigenvalue weighted by Gasteiger charge is 2.27. The van der Waals surface area contributed by atoms with Crippen molar-refractivity contribution in [1.82, 2.24) is 0 Å². The molecular weight excluding hydrogens is 325 g/mol. The van der Waals surface area contributed by atoms with E-state index in [9.17, 15) is 22.9 Å². The number of nitro benzene ring substituents is 1. The van der Waals surface area contributed by atoms with E-state index in [1.165, 1.54) is 0 Å². The van der Waals surface area contributed by atoms with Crippen LogP contribution >= 0.6 is 10.7 Å². The molecule has 0 aromatic heterocycles. The minimum absolute atomic E-state index is 0.321. The van der Waals surface area contributed by atoms with Gasteiger partial charge in [0.15, 0.2) is 0 Å². The summed E-state index contributed by atoms with van der Waals surface area (Å²) in [4.78, 5) is 9.22. The molecule has 0 radical (unpaired) electrons. The highest BCUT2D eigenvalue weighted by molar-refractivity contribution is 8.13. The average Bonchev–Trinajstić information content (AvgIpc) is 2.38. The van der Waals surface area contributed by atoms with Crippen molar-refractivity contribution in [3.63, 3.8) is 0 Å². The van der Waals surface area contributed by atoms with Gasteiger partial charge in [-0.15, -0.1) is 0 Å². The minimum Gasteiger partial charge on any atom is -0.479 e. The van der Waals surface area contributed by atoms with Crippen LogP contribution in [0.4, 0.5) is 10.1 Å². The fourth-order valence-corrected chi connectivity index (χ4v) is 2.89. The van der Waals surface area contributed by atoms with Crippen LogP contribution in [0.2, 0.25) is 0 Å². The van der Waals surface area contributed by atoms with E-state index in [2.05, 4.69) is 0 Å². The van der Waals surface area contributed by atoms with E-state index in [4.69, 9.17) is 15.4 Å². The van der Waals surface area contributed by atoms with E-state index < -0.39 is 36.5 Å². The Morgan fingerprint density at radius 2 is 2.14 bits per heavy atom. The van der Waals surface area contributed by atoms with Crippen molar-refractivity contribution in [2.24, 2.45) is 0 Å². The Labute approximate surface area is 124 Å². The molecule has 0 fully saturated rings. The Morgan fingerprint density at radius 3 is 2.67 bits per heavy atom. The number of hydrogen-bond donors (Lipinski definition) is 0. The summed E-state index contributed by atoms with van der Waals surface area (Å²) in [6.45, 7) is 0. The molecule has 1 aromatic rings. The summed E-state index contributed by atoms with van der Waals surface area (Å²) in [6.07, 6.45) is 5.58. The molecule has 0 spiro atoms. The first-order chi connectivity index (χ1) is 9.79. The molecule has 21 heavy (non-hydrogen) atoms. The van der Waals surface area contributed by atoms with Crippen LogP contribution in [-0.2, 0) is 9.05 Å². The van der Waals surface area contributed by atoms with Crippen molar-refractivity contribution in [1.29, 1.82) is 0 Å². The molecule has 0 bridgehead atoms. The average molecular weight is 336 g/mol. The zero-order valence-corrected chi connectivity index (χ0v) is 12.2. The number of nitrogens with zero attached hydrogens (tertiary/aromatic N) is 1. The lowest BCUT2D eigenvalue weighted by Crippen LogP contribution is -2.16. The molecule has 0 amide bonds. The summed E-state index contributed by atoms with van der Waals surface area (Å²) in [5.41, 5.74) is -0.644. The van der Waals surface area contributed by atoms with Gasteiger partial charge in [0, 0.05) is 22.8 Å². The van der Waals surface area contributed by atoms with E-state index in [0.29, 0.717) is 18.6 Å². The molecule has 1 aliphatic carbocycles. The van der Waals surface area contributed by atoms with Crippen LogP contribution < -0.4 is 4.74 Å². The minimum atomic E-state index is -4.42. The molecule has 9 heteroatoms. The third-order valence-electron chi connectivity index (χ3n) is 2.96. The Kier molecular flexibility index (Phi) is 4.48. The maximum Gasteiger partial charge on any atom is 0.312 e. The van der Waals surface area contributed by atoms with Gasteiger partial charge in [0.2, 0.25) is 5.75 Å². The Balaban J connectivity index is 2.45. The molecule has 1 aromatic carbocycles. The van der Waals surface area contributed by atoms with E-state index in [1.54, 1.807) is 6.08 Å². The van der Waals surface area contributed by atoms with Crippen LogP contribution in [0.3, 0.4) is 0 Å². The fraction of sp³-hybridized carbons (Fsp3) is 0.333. The van der Waals surface area contributed by atoms with Crippen LogP contribution in [0.1, 0.15) is 19.3 Å². The number of hydrogen-bond acceptors (Lipinski definition) is 5. The first kappa shape index (κ1) is 15.7. The van der Waals surface area contributed by atoms with E-state index in [0.717, 1.165) is 12.8 Å². The summed E-state index contributed by atoms with van der Waals surface area (Å²) in [5.74, 6) is -1.51. The van der Waals surface area contributed by atoms with Crippen LogP contribution in [0.25, 0.3) is 0 Å². The van der Waals surface area contributed by atoms with Gasteiger partial charge in [-0.2, -0.15) is 0 Å². The van der Waals surface area contributed by atoms with Gasteiger partial charge in [-0.05, 0) is 25.3 Å². The first-order valence-corrected chi connectivity index (χ1v) is 8.36. The number of nitro groups is 1. The van der Waals surface area contributed by atoms with Crippen molar-refractivity contribution in [3.05, 3.63) is 40.2 Å². The highest BCUT2D eigenvalue weighted by atomic mass is 35.7.